The van der Waals surface area contributed by atoms with E-state index in [1.165, 1.54) is 10.8 Å². The molecule has 0 unspecified atom stereocenters. The highest BCUT2D eigenvalue weighted by atomic mass is 16.5. The van der Waals surface area contributed by atoms with E-state index < -0.39 is 0 Å². The zero-order valence-corrected chi connectivity index (χ0v) is 11.5. The zero-order chi connectivity index (χ0) is 13.7. The molecule has 0 aliphatic carbocycles. The molecule has 0 aromatic heterocycles. The first kappa shape index (κ1) is 13.4. The van der Waals surface area contributed by atoms with Crippen molar-refractivity contribution in [2.75, 3.05) is 6.61 Å². The maximum Gasteiger partial charge on any atom is 0.119 e. The number of nitriles is 1. The minimum atomic E-state index is -0.257. The van der Waals surface area contributed by atoms with Crippen LogP contribution in [0.1, 0.15) is 26.7 Å². The molecule has 0 radical (unpaired) electrons. The second kappa shape index (κ2) is 5.75. The van der Waals surface area contributed by atoms with Crippen LogP contribution in [0.15, 0.2) is 42.5 Å². The van der Waals surface area contributed by atoms with Gasteiger partial charge in [-0.3, -0.25) is 0 Å². The molecular weight excluding hydrogens is 234 g/mol. The van der Waals surface area contributed by atoms with Crippen LogP contribution in [0.2, 0.25) is 0 Å². The number of rotatable bonds is 5. The molecule has 0 amide bonds. The molecule has 19 heavy (non-hydrogen) atoms. The van der Waals surface area contributed by atoms with E-state index in [0.717, 1.165) is 18.6 Å². The molecule has 2 aromatic carbocycles. The maximum absolute atomic E-state index is 8.94. The molecule has 0 fully saturated rings. The van der Waals surface area contributed by atoms with Crippen molar-refractivity contribution in [2.24, 2.45) is 5.41 Å². The summed E-state index contributed by atoms with van der Waals surface area (Å²) in [5.74, 6) is 0.897. The SMILES string of the molecule is CC(C)(C#N)CCCOc1ccc2ccccc2c1. The molecule has 0 heterocycles. The number of hydrogen-bond acceptors (Lipinski definition) is 2. The van der Waals surface area contributed by atoms with Crippen molar-refractivity contribution in [3.8, 4) is 11.8 Å². The van der Waals surface area contributed by atoms with Gasteiger partial charge in [0.15, 0.2) is 0 Å². The smallest absolute Gasteiger partial charge is 0.119 e. The molecule has 0 saturated heterocycles. The molecule has 0 spiro atoms. The molecule has 2 heteroatoms. The Kier molecular flexibility index (Phi) is 4.06. The van der Waals surface area contributed by atoms with Crippen molar-refractivity contribution in [2.45, 2.75) is 26.7 Å². The molecule has 2 nitrogen and oxygen atoms in total. The highest BCUT2D eigenvalue weighted by molar-refractivity contribution is 5.83. The van der Waals surface area contributed by atoms with Gasteiger partial charge in [-0.15, -0.1) is 0 Å². The van der Waals surface area contributed by atoms with Crippen LogP contribution in [0.5, 0.6) is 5.75 Å². The van der Waals surface area contributed by atoms with Crippen LogP contribution in [-0.4, -0.2) is 6.61 Å². The minimum absolute atomic E-state index is 0.257. The van der Waals surface area contributed by atoms with E-state index in [9.17, 15) is 0 Å². The van der Waals surface area contributed by atoms with Gasteiger partial charge in [-0.2, -0.15) is 5.26 Å². The van der Waals surface area contributed by atoms with Gasteiger partial charge in [0, 0.05) is 0 Å². The lowest BCUT2D eigenvalue weighted by Crippen LogP contribution is -2.10. The quantitative estimate of drug-likeness (QED) is 0.732. The van der Waals surface area contributed by atoms with Crippen molar-refractivity contribution in [1.82, 2.24) is 0 Å². The highest BCUT2D eigenvalue weighted by Gasteiger charge is 2.15. The number of fused-ring (bicyclic) bond motifs is 1. The number of ether oxygens (including phenoxy) is 1. The van der Waals surface area contributed by atoms with E-state index in [1.54, 1.807) is 0 Å². The summed E-state index contributed by atoms with van der Waals surface area (Å²) in [7, 11) is 0. The summed E-state index contributed by atoms with van der Waals surface area (Å²) in [6.07, 6.45) is 1.75. The minimum Gasteiger partial charge on any atom is -0.494 e. The Morgan fingerprint density at radius 2 is 1.84 bits per heavy atom. The van der Waals surface area contributed by atoms with Gasteiger partial charge in [0.1, 0.15) is 5.75 Å². The van der Waals surface area contributed by atoms with Gasteiger partial charge in [-0.25, -0.2) is 0 Å². The average Bonchev–Trinajstić information content (AvgIpc) is 2.43. The molecular formula is C17H19NO. The molecule has 2 aromatic rings. The monoisotopic (exact) mass is 253 g/mol. The summed E-state index contributed by atoms with van der Waals surface area (Å²) in [6.45, 7) is 4.58. The molecule has 0 atom stereocenters. The van der Waals surface area contributed by atoms with Gasteiger partial charge in [0.2, 0.25) is 0 Å². The normalized spacial score (nSPS) is 11.2. The second-order valence-electron chi connectivity index (χ2n) is 5.46. The second-order valence-corrected chi connectivity index (χ2v) is 5.46. The van der Waals surface area contributed by atoms with Crippen molar-refractivity contribution < 1.29 is 4.74 Å². The molecule has 0 aliphatic rings. The number of benzene rings is 2. The summed E-state index contributed by atoms with van der Waals surface area (Å²) >= 11 is 0. The fourth-order valence-corrected chi connectivity index (χ4v) is 2.02. The third-order valence-electron chi connectivity index (χ3n) is 3.24. The van der Waals surface area contributed by atoms with Crippen molar-refractivity contribution in [1.29, 1.82) is 5.26 Å². The lowest BCUT2D eigenvalue weighted by molar-refractivity contribution is 0.284. The Balaban J connectivity index is 1.90. The Morgan fingerprint density at radius 1 is 1.11 bits per heavy atom. The van der Waals surface area contributed by atoms with Gasteiger partial charge in [0.05, 0.1) is 18.1 Å². The van der Waals surface area contributed by atoms with E-state index in [4.69, 9.17) is 10.00 Å². The summed E-state index contributed by atoms with van der Waals surface area (Å²) in [6, 6.07) is 16.7. The maximum atomic E-state index is 8.94. The van der Waals surface area contributed by atoms with E-state index in [1.807, 2.05) is 32.0 Å². The molecule has 0 aliphatic heterocycles. The molecule has 2 rings (SSSR count). The lowest BCUT2D eigenvalue weighted by Gasteiger charge is -2.14. The Hall–Kier alpha value is -2.01. The predicted octanol–water partition coefficient (Wildman–Crippen LogP) is 4.55. The summed E-state index contributed by atoms with van der Waals surface area (Å²) < 4.78 is 5.74. The number of nitrogens with zero attached hydrogens (tertiary/aromatic N) is 1. The predicted molar refractivity (Wildman–Crippen MR) is 78.1 cm³/mol. The van der Waals surface area contributed by atoms with Crippen LogP contribution in [0.4, 0.5) is 0 Å². The van der Waals surface area contributed by atoms with Crippen LogP contribution in [0, 0.1) is 16.7 Å². The molecule has 0 N–H and O–H groups in total. The van der Waals surface area contributed by atoms with Gasteiger partial charge in [-0.05, 0) is 49.6 Å². The van der Waals surface area contributed by atoms with Crippen molar-refractivity contribution >= 4 is 10.8 Å². The Bertz CT molecular complexity index is 595. The van der Waals surface area contributed by atoms with Gasteiger partial charge >= 0.3 is 0 Å². The van der Waals surface area contributed by atoms with Crippen LogP contribution in [0.25, 0.3) is 10.8 Å². The third-order valence-corrected chi connectivity index (χ3v) is 3.24. The zero-order valence-electron chi connectivity index (χ0n) is 11.5. The fraction of sp³-hybridized carbons (Fsp3) is 0.353. The van der Waals surface area contributed by atoms with Crippen LogP contribution in [-0.2, 0) is 0 Å². The Morgan fingerprint density at radius 3 is 2.58 bits per heavy atom. The first-order chi connectivity index (χ1) is 9.11. The Labute approximate surface area is 114 Å². The first-order valence-corrected chi connectivity index (χ1v) is 6.64. The standard InChI is InChI=1S/C17H19NO/c1-17(2,13-18)10-5-11-19-16-9-8-14-6-3-4-7-15(14)12-16/h3-4,6-9,12H,5,10-11H2,1-2H3. The van der Waals surface area contributed by atoms with Gasteiger partial charge < -0.3 is 4.74 Å². The topological polar surface area (TPSA) is 33.0 Å². The van der Waals surface area contributed by atoms with E-state index >= 15 is 0 Å². The number of hydrogen-bond donors (Lipinski definition) is 0. The lowest BCUT2D eigenvalue weighted by atomic mass is 9.90. The molecule has 0 saturated carbocycles. The van der Waals surface area contributed by atoms with E-state index in [-0.39, 0.29) is 5.41 Å². The largest absolute Gasteiger partial charge is 0.494 e. The fourth-order valence-electron chi connectivity index (χ4n) is 2.02. The summed E-state index contributed by atoms with van der Waals surface area (Å²) in [5.41, 5.74) is -0.257. The van der Waals surface area contributed by atoms with E-state index in [0.29, 0.717) is 6.61 Å². The first-order valence-electron chi connectivity index (χ1n) is 6.64. The van der Waals surface area contributed by atoms with E-state index in [2.05, 4.69) is 30.3 Å². The summed E-state index contributed by atoms with van der Waals surface area (Å²) in [4.78, 5) is 0. The molecule has 98 valence electrons. The van der Waals surface area contributed by atoms with Crippen molar-refractivity contribution in [3.63, 3.8) is 0 Å². The van der Waals surface area contributed by atoms with Crippen molar-refractivity contribution in [3.05, 3.63) is 42.5 Å². The van der Waals surface area contributed by atoms with Crippen LogP contribution >= 0.6 is 0 Å². The van der Waals surface area contributed by atoms with Gasteiger partial charge in [0.25, 0.3) is 0 Å². The average molecular weight is 253 g/mol. The third kappa shape index (κ3) is 3.72. The summed E-state index contributed by atoms with van der Waals surface area (Å²) in [5, 5.41) is 11.4. The van der Waals surface area contributed by atoms with Crippen LogP contribution in [0.3, 0.4) is 0 Å². The van der Waals surface area contributed by atoms with Gasteiger partial charge in [-0.1, -0.05) is 30.3 Å². The molecule has 0 bridgehead atoms. The van der Waals surface area contributed by atoms with Crippen LogP contribution < -0.4 is 4.74 Å². The highest BCUT2D eigenvalue weighted by Crippen LogP contribution is 2.23.